The Morgan fingerprint density at radius 3 is 2.64 bits per heavy atom. The minimum absolute atomic E-state index is 0.135. The molecule has 4 rings (SSSR count). The van der Waals surface area contributed by atoms with Crippen molar-refractivity contribution < 1.29 is 4.79 Å². The predicted molar refractivity (Wildman–Crippen MR) is 113 cm³/mol. The van der Waals surface area contributed by atoms with Crippen molar-refractivity contribution in [2.75, 3.05) is 5.75 Å². The lowest BCUT2D eigenvalue weighted by molar-refractivity contribution is 0.102. The highest BCUT2D eigenvalue weighted by molar-refractivity contribution is 7.99. The van der Waals surface area contributed by atoms with E-state index in [2.05, 4.69) is 64.4 Å². The summed E-state index contributed by atoms with van der Waals surface area (Å²) in [5.74, 6) is 2.15. The Morgan fingerprint density at radius 1 is 1.18 bits per heavy atom. The van der Waals surface area contributed by atoms with Crippen LogP contribution >= 0.6 is 11.8 Å². The quantitative estimate of drug-likeness (QED) is 0.424. The predicted octanol–water partition coefficient (Wildman–Crippen LogP) is 4.87. The van der Waals surface area contributed by atoms with E-state index in [9.17, 15) is 4.79 Å². The molecule has 0 amide bonds. The van der Waals surface area contributed by atoms with Gasteiger partial charge in [-0.25, -0.2) is 0 Å². The zero-order chi connectivity index (χ0) is 19.8. The third kappa shape index (κ3) is 3.53. The van der Waals surface area contributed by atoms with E-state index in [0.29, 0.717) is 11.7 Å². The number of nitrogens with zero attached hydrogens (tertiary/aromatic N) is 4. The lowest BCUT2D eigenvalue weighted by Gasteiger charge is -2.10. The van der Waals surface area contributed by atoms with E-state index >= 15 is 0 Å². The van der Waals surface area contributed by atoms with Crippen molar-refractivity contribution in [3.63, 3.8) is 0 Å². The van der Waals surface area contributed by atoms with E-state index in [0.717, 1.165) is 40.2 Å². The summed E-state index contributed by atoms with van der Waals surface area (Å²) >= 11 is 1.49. The first-order chi connectivity index (χ1) is 13.5. The van der Waals surface area contributed by atoms with Crippen LogP contribution in [0, 0.1) is 20.8 Å². The van der Waals surface area contributed by atoms with Gasteiger partial charge in [0.2, 0.25) is 0 Å². The smallest absolute Gasteiger partial charge is 0.191 e. The fourth-order valence-corrected chi connectivity index (χ4v) is 4.66. The van der Waals surface area contributed by atoms with E-state index in [4.69, 9.17) is 0 Å². The van der Waals surface area contributed by atoms with Gasteiger partial charge in [-0.3, -0.25) is 4.79 Å². The first kappa shape index (κ1) is 19.0. The molecule has 28 heavy (non-hydrogen) atoms. The summed E-state index contributed by atoms with van der Waals surface area (Å²) in [6, 6.07) is 10.4. The maximum absolute atomic E-state index is 13.0. The number of carbonyl (C=O) groups excluding carboxylic acids is 1. The second kappa shape index (κ2) is 7.59. The van der Waals surface area contributed by atoms with Crippen LogP contribution in [0.1, 0.15) is 58.8 Å². The third-order valence-electron chi connectivity index (χ3n) is 5.33. The van der Waals surface area contributed by atoms with Gasteiger partial charge in [-0.05, 0) is 64.3 Å². The zero-order valence-corrected chi connectivity index (χ0v) is 17.7. The standard InChI is InChI=1S/C22H26N4OS/c1-5-25-21(17-9-10-17)23-24-22(25)28-13-20(27)19-12-15(3)26(16(19)4)18-8-6-7-14(2)11-18/h6-8,11-12,17H,5,9-10,13H2,1-4H3. The summed E-state index contributed by atoms with van der Waals surface area (Å²) in [7, 11) is 0. The van der Waals surface area contributed by atoms with E-state index in [1.54, 1.807) is 0 Å². The van der Waals surface area contributed by atoms with Gasteiger partial charge in [0.15, 0.2) is 10.9 Å². The Labute approximate surface area is 170 Å². The Morgan fingerprint density at radius 2 is 1.96 bits per heavy atom. The zero-order valence-electron chi connectivity index (χ0n) is 16.9. The first-order valence-electron chi connectivity index (χ1n) is 9.84. The fourth-order valence-electron chi connectivity index (χ4n) is 3.76. The van der Waals surface area contributed by atoms with Crippen LogP contribution in [0.25, 0.3) is 5.69 Å². The van der Waals surface area contributed by atoms with Crippen LogP contribution in [0.4, 0.5) is 0 Å². The highest BCUT2D eigenvalue weighted by Crippen LogP contribution is 2.40. The second-order valence-electron chi connectivity index (χ2n) is 7.53. The van der Waals surface area contributed by atoms with Crippen molar-refractivity contribution in [2.45, 2.75) is 58.2 Å². The maximum Gasteiger partial charge on any atom is 0.191 e. The molecular formula is C22H26N4OS. The summed E-state index contributed by atoms with van der Waals surface area (Å²) in [5, 5.41) is 9.55. The number of thioether (sulfide) groups is 1. The molecule has 1 fully saturated rings. The molecule has 0 radical (unpaired) electrons. The van der Waals surface area contributed by atoms with Crippen LogP contribution in [0.15, 0.2) is 35.5 Å². The van der Waals surface area contributed by atoms with E-state index in [-0.39, 0.29) is 5.78 Å². The lowest BCUT2D eigenvalue weighted by atomic mass is 10.2. The van der Waals surface area contributed by atoms with Gasteiger partial charge in [-0.1, -0.05) is 23.9 Å². The van der Waals surface area contributed by atoms with Gasteiger partial charge in [0.25, 0.3) is 0 Å². The van der Waals surface area contributed by atoms with E-state index in [1.807, 2.05) is 13.0 Å². The highest BCUT2D eigenvalue weighted by atomic mass is 32.2. The number of aromatic nitrogens is 4. The topological polar surface area (TPSA) is 52.7 Å². The van der Waals surface area contributed by atoms with Crippen LogP contribution in [-0.2, 0) is 6.54 Å². The van der Waals surface area contributed by atoms with E-state index in [1.165, 1.54) is 30.2 Å². The molecule has 0 N–H and O–H groups in total. The average molecular weight is 395 g/mol. The lowest BCUT2D eigenvalue weighted by Crippen LogP contribution is -2.07. The second-order valence-corrected chi connectivity index (χ2v) is 8.47. The highest BCUT2D eigenvalue weighted by Gasteiger charge is 2.30. The third-order valence-corrected chi connectivity index (χ3v) is 6.29. The molecule has 0 unspecified atom stereocenters. The number of benzene rings is 1. The van der Waals surface area contributed by atoms with Gasteiger partial charge in [0.1, 0.15) is 5.82 Å². The van der Waals surface area contributed by atoms with Crippen molar-refractivity contribution in [2.24, 2.45) is 0 Å². The summed E-state index contributed by atoms with van der Waals surface area (Å²) in [4.78, 5) is 13.0. The molecule has 1 aliphatic rings. The van der Waals surface area contributed by atoms with Gasteiger partial charge in [-0.15, -0.1) is 10.2 Å². The molecule has 3 aromatic rings. The van der Waals surface area contributed by atoms with Crippen LogP contribution in [0.5, 0.6) is 0 Å². The summed E-state index contributed by atoms with van der Waals surface area (Å²) in [5.41, 5.74) is 5.16. The molecule has 6 heteroatoms. The summed E-state index contributed by atoms with van der Waals surface area (Å²) < 4.78 is 4.32. The van der Waals surface area contributed by atoms with Gasteiger partial charge in [-0.2, -0.15) is 0 Å². The van der Waals surface area contributed by atoms with Gasteiger partial charge in [0.05, 0.1) is 5.75 Å². The number of hydrogen-bond acceptors (Lipinski definition) is 4. The minimum atomic E-state index is 0.135. The molecule has 1 aliphatic carbocycles. The maximum atomic E-state index is 13.0. The van der Waals surface area contributed by atoms with Crippen LogP contribution in [0.3, 0.4) is 0 Å². The molecule has 0 spiro atoms. The normalized spacial score (nSPS) is 13.9. The molecule has 0 aliphatic heterocycles. The molecular weight excluding hydrogens is 368 g/mol. The Hall–Kier alpha value is -2.34. The van der Waals surface area contributed by atoms with Gasteiger partial charge >= 0.3 is 0 Å². The largest absolute Gasteiger partial charge is 0.318 e. The summed E-state index contributed by atoms with van der Waals surface area (Å²) in [6.07, 6.45) is 2.40. The monoisotopic (exact) mass is 394 g/mol. The number of carbonyl (C=O) groups is 1. The number of ketones is 1. The van der Waals surface area contributed by atoms with Crippen molar-refractivity contribution in [1.29, 1.82) is 0 Å². The number of aryl methyl sites for hydroxylation is 2. The van der Waals surface area contributed by atoms with Gasteiger partial charge < -0.3 is 9.13 Å². The van der Waals surface area contributed by atoms with Crippen molar-refractivity contribution in [3.05, 3.63) is 58.7 Å². The number of hydrogen-bond donors (Lipinski definition) is 0. The molecule has 1 aromatic carbocycles. The van der Waals surface area contributed by atoms with Gasteiger partial charge in [0, 0.05) is 35.1 Å². The Kier molecular flexibility index (Phi) is 5.15. The Balaban J connectivity index is 1.54. The number of rotatable bonds is 7. The molecule has 5 nitrogen and oxygen atoms in total. The van der Waals surface area contributed by atoms with Crippen LogP contribution < -0.4 is 0 Å². The molecule has 2 heterocycles. The molecule has 0 saturated heterocycles. The molecule has 146 valence electrons. The van der Waals surface area contributed by atoms with E-state index < -0.39 is 0 Å². The molecule has 0 bridgehead atoms. The van der Waals surface area contributed by atoms with Crippen LogP contribution in [0.2, 0.25) is 0 Å². The summed E-state index contributed by atoms with van der Waals surface area (Å²) in [6.45, 7) is 9.11. The first-order valence-corrected chi connectivity index (χ1v) is 10.8. The van der Waals surface area contributed by atoms with Crippen LogP contribution in [-0.4, -0.2) is 30.9 Å². The molecule has 1 saturated carbocycles. The van der Waals surface area contributed by atoms with Crippen molar-refractivity contribution >= 4 is 17.5 Å². The Bertz CT molecular complexity index is 1030. The molecule has 2 aromatic heterocycles. The van der Waals surface area contributed by atoms with Crippen molar-refractivity contribution in [1.82, 2.24) is 19.3 Å². The molecule has 0 atom stereocenters. The average Bonchev–Trinajstić information content (AvgIpc) is 3.36. The SMILES string of the molecule is CCn1c(SCC(=O)c2cc(C)n(-c3cccc(C)c3)c2C)nnc1C1CC1. The fraction of sp³-hybridized carbons (Fsp3) is 0.409. The number of Topliss-reactive ketones (excluding diaryl/α,β-unsaturated/α-hetero) is 1. The minimum Gasteiger partial charge on any atom is -0.318 e. The van der Waals surface area contributed by atoms with Crippen molar-refractivity contribution in [3.8, 4) is 5.69 Å².